The van der Waals surface area contributed by atoms with Crippen molar-refractivity contribution in [3.05, 3.63) is 54.0 Å². The Bertz CT molecular complexity index is 1110. The molecule has 0 bridgehead atoms. The second-order valence-corrected chi connectivity index (χ2v) is 7.94. The van der Waals surface area contributed by atoms with Gasteiger partial charge in [0.15, 0.2) is 0 Å². The first kappa shape index (κ1) is 19.8. The van der Waals surface area contributed by atoms with E-state index in [-0.39, 0.29) is 23.7 Å². The number of phenols is 1. The molecular weight excluding hydrogens is 382 g/mol. The number of phenolic OH excluding ortho intramolecular Hbond substituents is 1. The number of nitrogens with zero attached hydrogens (tertiary/aromatic N) is 3. The number of aromatic hydroxyl groups is 1. The Kier molecular flexibility index (Phi) is 5.07. The molecule has 8 nitrogen and oxygen atoms in total. The lowest BCUT2D eigenvalue weighted by Crippen LogP contribution is -2.35. The van der Waals surface area contributed by atoms with E-state index in [0.717, 1.165) is 18.5 Å². The minimum Gasteiger partial charge on any atom is -0.507 e. The maximum atomic E-state index is 12.5. The van der Waals surface area contributed by atoms with E-state index in [1.807, 2.05) is 19.9 Å². The van der Waals surface area contributed by atoms with Gasteiger partial charge in [0.05, 0.1) is 11.4 Å². The van der Waals surface area contributed by atoms with Crippen molar-refractivity contribution in [2.24, 2.45) is 7.05 Å². The first-order valence-corrected chi connectivity index (χ1v) is 10.0. The standard InChI is InChI=1S/C22H25N5O3/c1-13(2)23-22(30)27-19(14-6-7-14)12-17(25-27)16-9-8-15(11-20(16)28)24-21(29)18-5-4-10-26(18)3/h4-5,8-14,28H,6-7H2,1-3H3,(H,23,30)(H,24,29). The normalized spacial score (nSPS) is 13.5. The summed E-state index contributed by atoms with van der Waals surface area (Å²) in [5.74, 6) is 0.0337. The second-order valence-electron chi connectivity index (χ2n) is 7.94. The lowest BCUT2D eigenvalue weighted by molar-refractivity contribution is 0.101. The van der Waals surface area contributed by atoms with Crippen LogP contribution < -0.4 is 10.6 Å². The summed E-state index contributed by atoms with van der Waals surface area (Å²) in [6.45, 7) is 3.79. The fourth-order valence-corrected chi connectivity index (χ4v) is 3.39. The molecule has 156 valence electrons. The highest BCUT2D eigenvalue weighted by molar-refractivity contribution is 6.03. The Hall–Kier alpha value is -3.55. The molecule has 3 aromatic rings. The van der Waals surface area contributed by atoms with Crippen LogP contribution in [0.1, 0.15) is 48.8 Å². The average Bonchev–Trinajstić information content (AvgIpc) is 3.27. The minimum atomic E-state index is -0.274. The Labute approximate surface area is 174 Å². The number of hydrogen-bond acceptors (Lipinski definition) is 4. The molecule has 0 radical (unpaired) electrons. The number of aryl methyl sites for hydroxylation is 1. The lowest BCUT2D eigenvalue weighted by Gasteiger charge is -2.10. The first-order valence-electron chi connectivity index (χ1n) is 10.0. The molecule has 0 spiro atoms. The van der Waals surface area contributed by atoms with Gasteiger partial charge in [0.1, 0.15) is 11.4 Å². The van der Waals surface area contributed by atoms with Gasteiger partial charge >= 0.3 is 6.03 Å². The van der Waals surface area contributed by atoms with E-state index < -0.39 is 0 Å². The van der Waals surface area contributed by atoms with Crippen LogP contribution in [0.5, 0.6) is 5.75 Å². The summed E-state index contributed by atoms with van der Waals surface area (Å²) >= 11 is 0. The van der Waals surface area contributed by atoms with Gasteiger partial charge in [0.2, 0.25) is 0 Å². The number of anilines is 1. The average molecular weight is 407 g/mol. The molecule has 8 heteroatoms. The summed E-state index contributed by atoms with van der Waals surface area (Å²) in [6, 6.07) is 9.98. The van der Waals surface area contributed by atoms with Gasteiger partial charge in [-0.05, 0) is 57.0 Å². The molecule has 1 saturated carbocycles. The fraction of sp³-hybridized carbons (Fsp3) is 0.318. The Morgan fingerprint density at radius 2 is 1.97 bits per heavy atom. The molecule has 1 fully saturated rings. The topological polar surface area (TPSA) is 101 Å². The van der Waals surface area contributed by atoms with Crippen LogP contribution in [-0.2, 0) is 7.05 Å². The van der Waals surface area contributed by atoms with Gasteiger partial charge < -0.3 is 20.3 Å². The zero-order chi connectivity index (χ0) is 21.4. The summed E-state index contributed by atoms with van der Waals surface area (Å²) in [4.78, 5) is 24.9. The van der Waals surface area contributed by atoms with Crippen molar-refractivity contribution in [1.29, 1.82) is 0 Å². The van der Waals surface area contributed by atoms with Gasteiger partial charge in [0.25, 0.3) is 5.91 Å². The van der Waals surface area contributed by atoms with Crippen LogP contribution in [0.25, 0.3) is 11.3 Å². The van der Waals surface area contributed by atoms with E-state index in [0.29, 0.717) is 28.6 Å². The summed E-state index contributed by atoms with van der Waals surface area (Å²) in [7, 11) is 1.79. The zero-order valence-electron chi connectivity index (χ0n) is 17.2. The third-order valence-electron chi connectivity index (χ3n) is 5.05. The minimum absolute atomic E-state index is 0.00210. The van der Waals surface area contributed by atoms with Gasteiger partial charge in [0, 0.05) is 42.5 Å². The summed E-state index contributed by atoms with van der Waals surface area (Å²) < 4.78 is 3.12. The molecule has 3 N–H and O–H groups in total. The molecule has 0 unspecified atom stereocenters. The summed E-state index contributed by atoms with van der Waals surface area (Å²) in [5, 5.41) is 20.7. The van der Waals surface area contributed by atoms with Crippen LogP contribution in [0.4, 0.5) is 10.5 Å². The monoisotopic (exact) mass is 407 g/mol. The van der Waals surface area contributed by atoms with Crippen LogP contribution >= 0.6 is 0 Å². The van der Waals surface area contributed by atoms with Crippen molar-refractivity contribution >= 4 is 17.6 Å². The van der Waals surface area contributed by atoms with Crippen molar-refractivity contribution in [3.63, 3.8) is 0 Å². The van der Waals surface area contributed by atoms with Crippen molar-refractivity contribution in [2.75, 3.05) is 5.32 Å². The number of nitrogens with one attached hydrogen (secondary N) is 2. The third kappa shape index (κ3) is 3.94. The van der Waals surface area contributed by atoms with Crippen LogP contribution in [0.15, 0.2) is 42.6 Å². The predicted octanol–water partition coefficient (Wildman–Crippen LogP) is 3.69. The van der Waals surface area contributed by atoms with Crippen molar-refractivity contribution in [3.8, 4) is 17.0 Å². The van der Waals surface area contributed by atoms with Crippen LogP contribution in [0, 0.1) is 0 Å². The molecule has 1 aliphatic rings. The number of carbonyl (C=O) groups is 2. The smallest absolute Gasteiger partial charge is 0.342 e. The van der Waals surface area contributed by atoms with Gasteiger partial charge in [-0.25, -0.2) is 4.79 Å². The van der Waals surface area contributed by atoms with Gasteiger partial charge in [-0.3, -0.25) is 4.79 Å². The highest BCUT2D eigenvalue weighted by Gasteiger charge is 2.31. The quantitative estimate of drug-likeness (QED) is 0.600. The number of benzene rings is 1. The fourth-order valence-electron chi connectivity index (χ4n) is 3.39. The molecule has 4 rings (SSSR count). The van der Waals surface area contributed by atoms with E-state index in [2.05, 4.69) is 15.7 Å². The molecule has 1 aromatic carbocycles. The summed E-state index contributed by atoms with van der Waals surface area (Å²) in [6.07, 6.45) is 3.84. The highest BCUT2D eigenvalue weighted by atomic mass is 16.3. The molecular formula is C22H25N5O3. The van der Waals surface area contributed by atoms with Gasteiger partial charge in [-0.15, -0.1) is 0 Å². The van der Waals surface area contributed by atoms with E-state index >= 15 is 0 Å². The van der Waals surface area contributed by atoms with E-state index in [9.17, 15) is 14.7 Å². The number of aromatic nitrogens is 3. The molecule has 1 aliphatic carbocycles. The van der Waals surface area contributed by atoms with Gasteiger partial charge in [-0.1, -0.05) is 0 Å². The molecule has 2 amide bonds. The van der Waals surface area contributed by atoms with E-state index in [4.69, 9.17) is 0 Å². The maximum Gasteiger partial charge on any atom is 0.342 e. The molecule has 2 aromatic heterocycles. The van der Waals surface area contributed by atoms with Crippen molar-refractivity contribution in [2.45, 2.75) is 38.6 Å². The lowest BCUT2D eigenvalue weighted by atomic mass is 10.1. The number of amides is 2. The van der Waals surface area contributed by atoms with Gasteiger partial charge in [-0.2, -0.15) is 9.78 Å². The number of rotatable bonds is 5. The highest BCUT2D eigenvalue weighted by Crippen LogP contribution is 2.42. The zero-order valence-corrected chi connectivity index (χ0v) is 17.2. The second kappa shape index (κ2) is 7.70. The van der Waals surface area contributed by atoms with Crippen LogP contribution in [-0.4, -0.2) is 37.4 Å². The van der Waals surface area contributed by atoms with Crippen LogP contribution in [0.2, 0.25) is 0 Å². The maximum absolute atomic E-state index is 12.5. The predicted molar refractivity (Wildman–Crippen MR) is 114 cm³/mol. The van der Waals surface area contributed by atoms with E-state index in [1.54, 1.807) is 42.1 Å². The van der Waals surface area contributed by atoms with Crippen molar-refractivity contribution in [1.82, 2.24) is 19.7 Å². The molecule has 0 aliphatic heterocycles. The Morgan fingerprint density at radius 3 is 2.57 bits per heavy atom. The largest absolute Gasteiger partial charge is 0.507 e. The number of hydrogen-bond donors (Lipinski definition) is 3. The number of carbonyl (C=O) groups excluding carboxylic acids is 2. The third-order valence-corrected chi connectivity index (χ3v) is 5.05. The van der Waals surface area contributed by atoms with E-state index in [1.165, 1.54) is 10.7 Å². The SMILES string of the molecule is CC(C)NC(=O)n1nc(-c2ccc(NC(=O)c3cccn3C)cc2O)cc1C1CC1. The molecule has 2 heterocycles. The molecule has 0 saturated heterocycles. The molecule has 0 atom stereocenters. The molecule has 30 heavy (non-hydrogen) atoms. The Morgan fingerprint density at radius 1 is 1.20 bits per heavy atom. The van der Waals surface area contributed by atoms with Crippen LogP contribution in [0.3, 0.4) is 0 Å². The first-order chi connectivity index (χ1) is 14.3. The summed E-state index contributed by atoms with van der Waals surface area (Å²) in [5.41, 5.74) is 2.87. The Balaban J connectivity index is 1.59. The van der Waals surface area contributed by atoms with Crippen molar-refractivity contribution < 1.29 is 14.7 Å².